The second-order valence-electron chi connectivity index (χ2n) is 15.1. The molecule has 0 amide bonds. The first kappa shape index (κ1) is 25.7. The van der Waals surface area contributed by atoms with Crippen molar-refractivity contribution in [2.75, 3.05) is 6.61 Å². The molecule has 0 aromatic rings. The summed E-state index contributed by atoms with van der Waals surface area (Å²) in [5.41, 5.74) is -0.0632. The Morgan fingerprint density at radius 1 is 0.943 bits per heavy atom. The number of hydrogen-bond donors (Lipinski definition) is 4. The SMILES string of the molecule is CC1(C)CC[C@]2(C(=O)O)CC[C@]3(C)C(=CC[C@@H]4[C@@]5(C)C[C@@H](O)[C@@H](O)[C@@](C)(CO)[C@H]5CC[C@]43C)[C@@H]2C1. The minimum atomic E-state index is -0.907. The van der Waals surface area contributed by atoms with Gasteiger partial charge in [0.1, 0.15) is 0 Å². The summed E-state index contributed by atoms with van der Waals surface area (Å²) in [6.07, 6.45) is 8.40. The number of aliphatic hydroxyl groups is 3. The maximum absolute atomic E-state index is 12.8. The molecular formula is C30H48O5. The van der Waals surface area contributed by atoms with Crippen molar-refractivity contribution in [1.29, 1.82) is 0 Å². The highest BCUT2D eigenvalue weighted by atomic mass is 16.4. The monoisotopic (exact) mass is 488 g/mol. The van der Waals surface area contributed by atoms with Crippen LogP contribution >= 0.6 is 0 Å². The van der Waals surface area contributed by atoms with E-state index in [0.29, 0.717) is 12.3 Å². The second-order valence-corrected chi connectivity index (χ2v) is 15.1. The lowest BCUT2D eigenvalue weighted by Crippen LogP contribution is -2.68. The van der Waals surface area contributed by atoms with Crippen LogP contribution in [0.1, 0.15) is 99.3 Å². The molecule has 35 heavy (non-hydrogen) atoms. The lowest BCUT2D eigenvalue weighted by Gasteiger charge is -2.71. The molecule has 4 saturated carbocycles. The van der Waals surface area contributed by atoms with Gasteiger partial charge in [0.25, 0.3) is 0 Å². The lowest BCUT2D eigenvalue weighted by atomic mass is 9.33. The Morgan fingerprint density at radius 2 is 1.60 bits per heavy atom. The second kappa shape index (κ2) is 7.57. The van der Waals surface area contributed by atoms with E-state index in [0.717, 1.165) is 51.4 Å². The first-order valence-corrected chi connectivity index (χ1v) is 14.0. The van der Waals surface area contributed by atoms with E-state index in [-0.39, 0.29) is 40.1 Å². The molecule has 0 spiro atoms. The molecule has 5 nitrogen and oxygen atoms in total. The molecule has 5 heteroatoms. The van der Waals surface area contributed by atoms with Gasteiger partial charge in [0.05, 0.1) is 24.2 Å². The number of aliphatic hydroxyl groups excluding tert-OH is 3. The number of fused-ring (bicyclic) bond motifs is 7. The molecular weight excluding hydrogens is 440 g/mol. The average Bonchev–Trinajstić information content (AvgIpc) is 2.77. The number of allylic oxidation sites excluding steroid dienone is 2. The standard InChI is InChI=1S/C30H48O5/c1-25(2)11-13-30(24(34)35)14-12-28(5)18(19(30)15-25)7-8-22-26(3)16-20(32)23(33)27(4,17-31)21(26)9-10-29(22,28)6/h7,19-23,31-33H,8-17H2,1-6H3,(H,34,35)/t19-,20+,21-,22+,23+,26-,27-,28+,29+,30-/m0/s1. The van der Waals surface area contributed by atoms with Crippen LogP contribution in [0, 0.1) is 50.2 Å². The van der Waals surface area contributed by atoms with E-state index >= 15 is 0 Å². The molecule has 4 N–H and O–H groups in total. The van der Waals surface area contributed by atoms with Crippen LogP contribution in [0.15, 0.2) is 11.6 Å². The van der Waals surface area contributed by atoms with Gasteiger partial charge in [0, 0.05) is 5.41 Å². The van der Waals surface area contributed by atoms with E-state index in [1.54, 1.807) is 0 Å². The van der Waals surface area contributed by atoms with Crippen LogP contribution in [0.2, 0.25) is 0 Å². The van der Waals surface area contributed by atoms with Crippen molar-refractivity contribution in [3.05, 3.63) is 11.6 Å². The third-order valence-electron chi connectivity index (χ3n) is 13.2. The molecule has 0 aromatic carbocycles. The van der Waals surface area contributed by atoms with Crippen molar-refractivity contribution in [2.45, 2.75) is 112 Å². The summed E-state index contributed by atoms with van der Waals surface area (Å²) >= 11 is 0. The Morgan fingerprint density at radius 3 is 2.23 bits per heavy atom. The fourth-order valence-corrected chi connectivity index (χ4v) is 10.8. The summed E-state index contributed by atoms with van der Waals surface area (Å²) in [5, 5.41) is 42.8. The van der Waals surface area contributed by atoms with Crippen LogP contribution in [0.3, 0.4) is 0 Å². The topological polar surface area (TPSA) is 98.0 Å². The van der Waals surface area contributed by atoms with E-state index in [1.807, 2.05) is 6.92 Å². The van der Waals surface area contributed by atoms with Crippen molar-refractivity contribution in [3.8, 4) is 0 Å². The van der Waals surface area contributed by atoms with E-state index in [4.69, 9.17) is 0 Å². The van der Waals surface area contributed by atoms with E-state index in [9.17, 15) is 25.2 Å². The molecule has 0 bridgehead atoms. The number of hydrogen-bond acceptors (Lipinski definition) is 4. The van der Waals surface area contributed by atoms with Gasteiger partial charge in [-0.1, -0.05) is 53.2 Å². The maximum atomic E-state index is 12.8. The first-order chi connectivity index (χ1) is 16.1. The molecule has 5 aliphatic rings. The van der Waals surface area contributed by atoms with Crippen LogP contribution in [-0.2, 0) is 4.79 Å². The normalized spacial score (nSPS) is 55.0. The third-order valence-corrected chi connectivity index (χ3v) is 13.2. The Bertz CT molecular complexity index is 941. The van der Waals surface area contributed by atoms with Crippen LogP contribution in [0.25, 0.3) is 0 Å². The molecule has 5 rings (SSSR count). The van der Waals surface area contributed by atoms with Crippen molar-refractivity contribution in [1.82, 2.24) is 0 Å². The third kappa shape index (κ3) is 3.07. The van der Waals surface area contributed by atoms with Gasteiger partial charge in [-0.05, 0) is 97.2 Å². The smallest absolute Gasteiger partial charge is 0.310 e. The quantitative estimate of drug-likeness (QED) is 0.402. The molecule has 5 aliphatic carbocycles. The molecule has 0 radical (unpaired) electrons. The highest BCUT2D eigenvalue weighted by Gasteiger charge is 2.70. The average molecular weight is 489 g/mol. The van der Waals surface area contributed by atoms with Crippen molar-refractivity contribution in [2.24, 2.45) is 50.2 Å². The molecule has 0 unspecified atom stereocenters. The molecule has 0 saturated heterocycles. The highest BCUT2D eigenvalue weighted by molar-refractivity contribution is 5.76. The highest BCUT2D eigenvalue weighted by Crippen LogP contribution is 2.75. The minimum Gasteiger partial charge on any atom is -0.481 e. The number of carboxylic acid groups (broad SMARTS) is 1. The zero-order chi connectivity index (χ0) is 25.8. The van der Waals surface area contributed by atoms with Crippen LogP contribution in [0.4, 0.5) is 0 Å². The lowest BCUT2D eigenvalue weighted by molar-refractivity contribution is -0.243. The molecule has 10 atom stereocenters. The zero-order valence-electron chi connectivity index (χ0n) is 22.7. The van der Waals surface area contributed by atoms with E-state index in [1.165, 1.54) is 5.57 Å². The summed E-state index contributed by atoms with van der Waals surface area (Å²) in [5.74, 6) is -0.0472. The van der Waals surface area contributed by atoms with Gasteiger partial charge in [-0.25, -0.2) is 0 Å². The molecule has 0 heterocycles. The van der Waals surface area contributed by atoms with Crippen molar-refractivity contribution in [3.63, 3.8) is 0 Å². The van der Waals surface area contributed by atoms with E-state index in [2.05, 4.69) is 40.7 Å². The Balaban J connectivity index is 1.61. The minimum absolute atomic E-state index is 0.00698. The summed E-state index contributed by atoms with van der Waals surface area (Å²) in [6, 6.07) is 0. The summed E-state index contributed by atoms with van der Waals surface area (Å²) in [6.45, 7) is 13.6. The van der Waals surface area contributed by atoms with Gasteiger partial charge >= 0.3 is 5.97 Å². The summed E-state index contributed by atoms with van der Waals surface area (Å²) in [7, 11) is 0. The van der Waals surface area contributed by atoms with Crippen LogP contribution in [0.5, 0.6) is 0 Å². The maximum Gasteiger partial charge on any atom is 0.310 e. The van der Waals surface area contributed by atoms with Crippen LogP contribution < -0.4 is 0 Å². The predicted molar refractivity (Wildman–Crippen MR) is 135 cm³/mol. The van der Waals surface area contributed by atoms with E-state index < -0.39 is 29.0 Å². The Kier molecular flexibility index (Phi) is 5.56. The first-order valence-electron chi connectivity index (χ1n) is 14.0. The Hall–Kier alpha value is -0.910. The van der Waals surface area contributed by atoms with Gasteiger partial charge in [-0.15, -0.1) is 0 Å². The Labute approximate surface area is 211 Å². The number of carboxylic acids is 1. The molecule has 0 aliphatic heterocycles. The number of aliphatic carboxylic acids is 1. The summed E-state index contributed by atoms with van der Waals surface area (Å²) in [4.78, 5) is 12.8. The van der Waals surface area contributed by atoms with Gasteiger partial charge in [0.15, 0.2) is 0 Å². The number of carbonyl (C=O) groups is 1. The number of rotatable bonds is 2. The van der Waals surface area contributed by atoms with Crippen molar-refractivity contribution >= 4 is 5.97 Å². The molecule has 0 aromatic heterocycles. The molecule has 198 valence electrons. The van der Waals surface area contributed by atoms with Gasteiger partial charge in [-0.2, -0.15) is 0 Å². The zero-order valence-corrected chi connectivity index (χ0v) is 22.7. The fourth-order valence-electron chi connectivity index (χ4n) is 10.8. The van der Waals surface area contributed by atoms with Crippen molar-refractivity contribution < 1.29 is 25.2 Å². The van der Waals surface area contributed by atoms with Crippen LogP contribution in [-0.4, -0.2) is 45.2 Å². The fraction of sp³-hybridized carbons (Fsp3) is 0.900. The largest absolute Gasteiger partial charge is 0.481 e. The van der Waals surface area contributed by atoms with Gasteiger partial charge in [-0.3, -0.25) is 4.79 Å². The molecule has 4 fully saturated rings. The summed E-state index contributed by atoms with van der Waals surface area (Å²) < 4.78 is 0. The predicted octanol–water partition coefficient (Wildman–Crippen LogP) is 5.18. The van der Waals surface area contributed by atoms with Gasteiger partial charge in [0.2, 0.25) is 0 Å². The van der Waals surface area contributed by atoms with Gasteiger partial charge < -0.3 is 20.4 Å².